The number of hydrogen-bond acceptors (Lipinski definition) is 5. The molecule has 5 nitrogen and oxygen atoms in total. The minimum atomic E-state index is -0.386. The highest BCUT2D eigenvalue weighted by Gasteiger charge is 2.33. The molecule has 1 saturated heterocycles. The fourth-order valence-corrected chi connectivity index (χ4v) is 3.35. The predicted octanol–water partition coefficient (Wildman–Crippen LogP) is 3.24. The molecule has 0 saturated carbocycles. The Labute approximate surface area is 154 Å². The third-order valence-electron chi connectivity index (χ3n) is 3.46. The molecule has 1 heterocycles. The number of thiocarbonyl (C=S) groups is 1. The summed E-state index contributed by atoms with van der Waals surface area (Å²) in [5, 5.41) is 1.10. The molecule has 1 fully saturated rings. The number of carbonyl (C=O) groups excluding carboxylic acids is 2. The van der Waals surface area contributed by atoms with E-state index in [2.05, 4.69) is 5.43 Å². The number of rotatable bonds is 4. The van der Waals surface area contributed by atoms with Crippen LogP contribution in [0, 0.1) is 0 Å². The number of thioether (sulfide) groups is 1. The monoisotopic (exact) mass is 370 g/mol. The van der Waals surface area contributed by atoms with Crippen molar-refractivity contribution in [3.05, 3.63) is 70.6 Å². The van der Waals surface area contributed by atoms with E-state index in [0.717, 1.165) is 28.1 Å². The van der Waals surface area contributed by atoms with Crippen molar-refractivity contribution in [1.82, 2.24) is 10.4 Å². The van der Waals surface area contributed by atoms with Crippen LogP contribution in [0.3, 0.4) is 0 Å². The van der Waals surface area contributed by atoms with E-state index in [9.17, 15) is 9.59 Å². The van der Waals surface area contributed by atoms with Gasteiger partial charge in [-0.15, -0.1) is 0 Å². The second kappa shape index (κ2) is 7.50. The van der Waals surface area contributed by atoms with Gasteiger partial charge in [-0.25, -0.2) is 0 Å². The lowest BCUT2D eigenvalue weighted by Gasteiger charge is -2.15. The number of hydrazine groups is 1. The quantitative estimate of drug-likeness (QED) is 0.661. The largest absolute Gasteiger partial charge is 0.497 e. The van der Waals surface area contributed by atoms with Gasteiger partial charge in [-0.1, -0.05) is 42.1 Å². The van der Waals surface area contributed by atoms with E-state index in [1.165, 1.54) is 0 Å². The zero-order valence-electron chi connectivity index (χ0n) is 13.3. The molecule has 1 aliphatic rings. The van der Waals surface area contributed by atoms with Gasteiger partial charge in [0.05, 0.1) is 12.0 Å². The molecule has 2 amide bonds. The first-order valence-electron chi connectivity index (χ1n) is 7.36. The van der Waals surface area contributed by atoms with Gasteiger partial charge < -0.3 is 4.74 Å². The zero-order valence-corrected chi connectivity index (χ0v) is 14.9. The van der Waals surface area contributed by atoms with Crippen LogP contribution in [0.2, 0.25) is 0 Å². The fraction of sp³-hybridized carbons (Fsp3) is 0.0556. The summed E-state index contributed by atoms with van der Waals surface area (Å²) in [6.07, 6.45) is 1.73. The molecule has 0 radical (unpaired) electrons. The minimum absolute atomic E-state index is 0.286. The Morgan fingerprint density at radius 1 is 1.16 bits per heavy atom. The van der Waals surface area contributed by atoms with Gasteiger partial charge in [-0.2, -0.15) is 5.01 Å². The third kappa shape index (κ3) is 3.89. The molecule has 126 valence electrons. The average Bonchev–Trinajstić information content (AvgIpc) is 2.90. The highest BCUT2D eigenvalue weighted by atomic mass is 32.2. The second-order valence-corrected chi connectivity index (χ2v) is 6.77. The minimum Gasteiger partial charge on any atom is -0.497 e. The Morgan fingerprint density at radius 2 is 1.84 bits per heavy atom. The maximum atomic E-state index is 12.5. The molecular formula is C18H14N2O3S2. The molecule has 3 rings (SSSR count). The molecule has 1 aliphatic heterocycles. The van der Waals surface area contributed by atoms with Crippen molar-refractivity contribution in [3.63, 3.8) is 0 Å². The Morgan fingerprint density at radius 3 is 2.48 bits per heavy atom. The first-order chi connectivity index (χ1) is 12.1. The van der Waals surface area contributed by atoms with E-state index >= 15 is 0 Å². The molecule has 0 aromatic heterocycles. The van der Waals surface area contributed by atoms with Crippen LogP contribution in [0.5, 0.6) is 5.75 Å². The number of ether oxygens (including phenoxy) is 1. The Hall–Kier alpha value is -2.64. The maximum Gasteiger partial charge on any atom is 0.285 e. The number of amides is 2. The van der Waals surface area contributed by atoms with E-state index in [1.807, 2.05) is 30.3 Å². The van der Waals surface area contributed by atoms with Gasteiger partial charge in [-0.3, -0.25) is 15.0 Å². The van der Waals surface area contributed by atoms with Gasteiger partial charge in [0.25, 0.3) is 11.8 Å². The van der Waals surface area contributed by atoms with E-state index < -0.39 is 0 Å². The molecule has 0 aliphatic carbocycles. The second-order valence-electron chi connectivity index (χ2n) is 5.10. The fourth-order valence-electron chi connectivity index (χ4n) is 2.17. The predicted molar refractivity (Wildman–Crippen MR) is 102 cm³/mol. The van der Waals surface area contributed by atoms with Crippen LogP contribution in [-0.2, 0) is 4.79 Å². The van der Waals surface area contributed by atoms with Crippen LogP contribution in [0.15, 0.2) is 59.5 Å². The molecule has 0 unspecified atom stereocenters. The number of nitrogens with one attached hydrogen (secondary N) is 1. The van der Waals surface area contributed by atoms with Crippen molar-refractivity contribution in [3.8, 4) is 5.75 Å². The van der Waals surface area contributed by atoms with E-state index in [-0.39, 0.29) is 16.1 Å². The SMILES string of the molecule is COc1ccc(/C=C2\SC(=S)N(NC(=O)c3ccccc3)C2=O)cc1. The first-order valence-corrected chi connectivity index (χ1v) is 8.59. The van der Waals surface area contributed by atoms with Crippen molar-refractivity contribution < 1.29 is 14.3 Å². The van der Waals surface area contributed by atoms with Crippen LogP contribution < -0.4 is 10.2 Å². The summed E-state index contributed by atoms with van der Waals surface area (Å²) in [5.41, 5.74) is 3.85. The number of nitrogens with zero attached hydrogens (tertiary/aromatic N) is 1. The number of methoxy groups -OCH3 is 1. The Balaban J connectivity index is 1.75. The summed E-state index contributed by atoms with van der Waals surface area (Å²) < 4.78 is 5.40. The van der Waals surface area contributed by atoms with E-state index in [4.69, 9.17) is 17.0 Å². The Bertz CT molecular complexity index is 848. The van der Waals surface area contributed by atoms with Crippen LogP contribution in [0.1, 0.15) is 15.9 Å². The van der Waals surface area contributed by atoms with Gasteiger partial charge in [0.1, 0.15) is 5.75 Å². The first kappa shape index (κ1) is 17.2. The lowest BCUT2D eigenvalue weighted by atomic mass is 10.2. The summed E-state index contributed by atoms with van der Waals surface area (Å²) in [6, 6.07) is 16.0. The highest BCUT2D eigenvalue weighted by Crippen LogP contribution is 2.31. The van der Waals surface area contributed by atoms with Crippen molar-refractivity contribution >= 4 is 46.2 Å². The summed E-state index contributed by atoms with van der Waals surface area (Å²) in [6.45, 7) is 0. The summed E-state index contributed by atoms with van der Waals surface area (Å²) in [4.78, 5) is 25.2. The van der Waals surface area contributed by atoms with E-state index in [0.29, 0.717) is 10.5 Å². The molecule has 2 aromatic rings. The van der Waals surface area contributed by atoms with Gasteiger partial charge in [0.2, 0.25) is 0 Å². The average molecular weight is 370 g/mol. The maximum absolute atomic E-state index is 12.5. The van der Waals surface area contributed by atoms with Crippen molar-refractivity contribution in [2.45, 2.75) is 0 Å². The van der Waals surface area contributed by atoms with Crippen LogP contribution >= 0.6 is 24.0 Å². The molecule has 25 heavy (non-hydrogen) atoms. The topological polar surface area (TPSA) is 58.6 Å². The number of hydrogen-bond donors (Lipinski definition) is 1. The molecule has 1 N–H and O–H groups in total. The lowest BCUT2D eigenvalue weighted by molar-refractivity contribution is -0.123. The lowest BCUT2D eigenvalue weighted by Crippen LogP contribution is -2.44. The third-order valence-corrected chi connectivity index (χ3v) is 4.76. The molecule has 7 heteroatoms. The van der Waals surface area contributed by atoms with Crippen LogP contribution in [0.4, 0.5) is 0 Å². The summed E-state index contributed by atoms with van der Waals surface area (Å²) >= 11 is 6.36. The van der Waals surface area contributed by atoms with Crippen molar-refractivity contribution in [2.75, 3.05) is 7.11 Å². The van der Waals surface area contributed by atoms with E-state index in [1.54, 1.807) is 37.5 Å². The van der Waals surface area contributed by atoms with Gasteiger partial charge in [0, 0.05) is 5.56 Å². The zero-order chi connectivity index (χ0) is 17.8. The van der Waals surface area contributed by atoms with Gasteiger partial charge in [-0.05, 0) is 48.1 Å². The van der Waals surface area contributed by atoms with Crippen molar-refractivity contribution in [2.24, 2.45) is 0 Å². The molecular weight excluding hydrogens is 356 g/mol. The molecule has 0 atom stereocenters. The molecule has 0 spiro atoms. The number of carbonyl (C=O) groups is 2. The Kier molecular flexibility index (Phi) is 5.16. The van der Waals surface area contributed by atoms with Crippen LogP contribution in [0.25, 0.3) is 6.08 Å². The number of benzene rings is 2. The standard InChI is InChI=1S/C18H14N2O3S2/c1-23-14-9-7-12(8-10-14)11-15-17(22)20(18(24)25-15)19-16(21)13-5-3-2-4-6-13/h2-11H,1H3,(H,19,21)/b15-11-. The highest BCUT2D eigenvalue weighted by molar-refractivity contribution is 8.26. The van der Waals surface area contributed by atoms with Gasteiger partial charge in [0.15, 0.2) is 4.32 Å². The smallest absolute Gasteiger partial charge is 0.285 e. The normalized spacial score (nSPS) is 15.6. The molecule has 0 bridgehead atoms. The summed E-state index contributed by atoms with van der Waals surface area (Å²) in [5.74, 6) is -0.00230. The van der Waals surface area contributed by atoms with Crippen LogP contribution in [-0.4, -0.2) is 28.3 Å². The van der Waals surface area contributed by atoms with Crippen molar-refractivity contribution in [1.29, 1.82) is 0 Å². The van der Waals surface area contributed by atoms with Gasteiger partial charge >= 0.3 is 0 Å². The summed E-state index contributed by atoms with van der Waals surface area (Å²) in [7, 11) is 1.59. The molecule has 2 aromatic carbocycles.